The Balaban J connectivity index is 2.89. The predicted octanol–water partition coefficient (Wildman–Crippen LogP) is 3.80. The maximum atomic E-state index is 13.3. The van der Waals surface area contributed by atoms with Crippen LogP contribution in [0.3, 0.4) is 0 Å². The van der Waals surface area contributed by atoms with Crippen molar-refractivity contribution in [1.29, 1.82) is 0 Å². The maximum absolute atomic E-state index is 13.3. The second-order valence-electron chi connectivity index (χ2n) is 4.25. The van der Waals surface area contributed by atoms with Crippen LogP contribution < -0.4 is 0 Å². The van der Waals surface area contributed by atoms with Crippen LogP contribution in [0.15, 0.2) is 18.2 Å². The number of halogens is 2. The number of methoxy groups -OCH3 is 1. The third kappa shape index (κ3) is 3.09. The molecule has 0 aliphatic heterocycles. The largest absolute Gasteiger partial charge is 0.370 e. The van der Waals surface area contributed by atoms with Crippen LogP contribution in [-0.2, 0) is 16.0 Å². The molecule has 0 saturated heterocycles. The summed E-state index contributed by atoms with van der Waals surface area (Å²) < 4.78 is 18.7. The molecule has 0 unspecified atom stereocenters. The molecule has 0 spiro atoms. The molecule has 100 valence electrons. The van der Waals surface area contributed by atoms with E-state index in [1.165, 1.54) is 19.2 Å². The van der Waals surface area contributed by atoms with Crippen LogP contribution >= 0.6 is 11.6 Å². The van der Waals surface area contributed by atoms with Crippen molar-refractivity contribution in [1.82, 2.24) is 0 Å². The molecule has 0 atom stereocenters. The van der Waals surface area contributed by atoms with Crippen LogP contribution in [-0.4, -0.2) is 18.5 Å². The van der Waals surface area contributed by atoms with E-state index >= 15 is 0 Å². The third-order valence-corrected chi connectivity index (χ3v) is 3.70. The molecule has 0 amide bonds. The van der Waals surface area contributed by atoms with Crippen molar-refractivity contribution in [2.24, 2.45) is 0 Å². The van der Waals surface area contributed by atoms with Gasteiger partial charge in [0.2, 0.25) is 0 Å². The van der Waals surface area contributed by atoms with Gasteiger partial charge in [0, 0.05) is 13.5 Å². The average Bonchev–Trinajstić information content (AvgIpc) is 2.37. The van der Waals surface area contributed by atoms with Gasteiger partial charge in [0.1, 0.15) is 11.4 Å². The Hall–Kier alpha value is -0.930. The fraction of sp³-hybridized carbons (Fsp3) is 0.500. The molecule has 2 nitrogen and oxygen atoms in total. The Labute approximate surface area is 112 Å². The van der Waals surface area contributed by atoms with E-state index in [2.05, 4.69) is 0 Å². The second-order valence-corrected chi connectivity index (χ2v) is 4.66. The van der Waals surface area contributed by atoms with Crippen molar-refractivity contribution in [3.05, 3.63) is 34.6 Å². The highest BCUT2D eigenvalue weighted by Gasteiger charge is 2.34. The Morgan fingerprint density at radius 1 is 1.39 bits per heavy atom. The van der Waals surface area contributed by atoms with Gasteiger partial charge in [0.25, 0.3) is 0 Å². The zero-order valence-electron chi connectivity index (χ0n) is 10.9. The van der Waals surface area contributed by atoms with E-state index in [4.69, 9.17) is 16.3 Å². The minimum absolute atomic E-state index is 0.0308. The van der Waals surface area contributed by atoms with Crippen LogP contribution in [0.25, 0.3) is 0 Å². The molecule has 4 heteroatoms. The van der Waals surface area contributed by atoms with E-state index in [0.29, 0.717) is 18.4 Å². The van der Waals surface area contributed by atoms with Crippen molar-refractivity contribution in [3.8, 4) is 0 Å². The molecule has 0 saturated carbocycles. The summed E-state index contributed by atoms with van der Waals surface area (Å²) in [5.74, 6) is -0.533. The van der Waals surface area contributed by atoms with Gasteiger partial charge in [0.15, 0.2) is 5.78 Å². The van der Waals surface area contributed by atoms with Gasteiger partial charge < -0.3 is 4.74 Å². The van der Waals surface area contributed by atoms with Gasteiger partial charge in [-0.25, -0.2) is 4.39 Å². The number of Topliss-reactive ketones (excluding diaryl/α,β-unsaturated/α-hetero) is 1. The molecule has 0 radical (unpaired) electrons. The van der Waals surface area contributed by atoms with E-state index < -0.39 is 11.4 Å². The summed E-state index contributed by atoms with van der Waals surface area (Å²) in [5.41, 5.74) is -0.152. The molecule has 18 heavy (non-hydrogen) atoms. The second kappa shape index (κ2) is 6.30. The number of hydrogen-bond donors (Lipinski definition) is 0. The van der Waals surface area contributed by atoms with E-state index in [9.17, 15) is 9.18 Å². The van der Waals surface area contributed by atoms with E-state index in [-0.39, 0.29) is 17.2 Å². The highest BCUT2D eigenvalue weighted by Crippen LogP contribution is 2.24. The number of carbonyl (C=O) groups is 1. The monoisotopic (exact) mass is 272 g/mol. The zero-order valence-corrected chi connectivity index (χ0v) is 11.7. The molecule has 0 fully saturated rings. The number of carbonyl (C=O) groups excluding carboxylic acids is 1. The number of ketones is 1. The van der Waals surface area contributed by atoms with Crippen molar-refractivity contribution in [2.45, 2.75) is 38.7 Å². The number of ether oxygens (including phenoxy) is 1. The first kappa shape index (κ1) is 15.1. The SMILES string of the molecule is CCC(CC)(OC)C(=O)Cc1ccc(Cl)c(F)c1. The molecule has 0 bridgehead atoms. The van der Waals surface area contributed by atoms with Gasteiger partial charge in [-0.3, -0.25) is 4.79 Å². The molecule has 0 aliphatic rings. The minimum Gasteiger partial charge on any atom is -0.370 e. The number of benzene rings is 1. The first-order valence-electron chi connectivity index (χ1n) is 6.01. The topological polar surface area (TPSA) is 26.3 Å². The lowest BCUT2D eigenvalue weighted by Gasteiger charge is -2.28. The Morgan fingerprint density at radius 2 is 2.00 bits per heavy atom. The predicted molar refractivity (Wildman–Crippen MR) is 70.4 cm³/mol. The van der Waals surface area contributed by atoms with Gasteiger partial charge in [-0.2, -0.15) is 0 Å². The smallest absolute Gasteiger partial charge is 0.168 e. The van der Waals surface area contributed by atoms with Crippen molar-refractivity contribution in [3.63, 3.8) is 0 Å². The quantitative estimate of drug-likeness (QED) is 0.787. The number of hydrogen-bond acceptors (Lipinski definition) is 2. The summed E-state index contributed by atoms with van der Waals surface area (Å²) in [7, 11) is 1.54. The fourth-order valence-electron chi connectivity index (χ4n) is 2.04. The Morgan fingerprint density at radius 3 is 2.44 bits per heavy atom. The Bertz CT molecular complexity index is 420. The molecular formula is C14H18ClFO2. The summed E-state index contributed by atoms with van der Waals surface area (Å²) in [6, 6.07) is 4.42. The van der Waals surface area contributed by atoms with Crippen LogP contribution in [0.2, 0.25) is 5.02 Å². The molecule has 0 heterocycles. The summed E-state index contributed by atoms with van der Waals surface area (Å²) in [6.07, 6.45) is 1.37. The summed E-state index contributed by atoms with van der Waals surface area (Å²) in [5, 5.41) is 0.0650. The van der Waals surface area contributed by atoms with Crippen molar-refractivity contribution in [2.75, 3.05) is 7.11 Å². The lowest BCUT2D eigenvalue weighted by molar-refractivity contribution is -0.141. The molecule has 1 aromatic rings. The molecular weight excluding hydrogens is 255 g/mol. The van der Waals surface area contributed by atoms with E-state index in [1.54, 1.807) is 6.07 Å². The summed E-state index contributed by atoms with van der Waals surface area (Å²) >= 11 is 5.60. The lowest BCUT2D eigenvalue weighted by atomic mass is 9.88. The summed E-state index contributed by atoms with van der Waals surface area (Å²) in [6.45, 7) is 3.82. The highest BCUT2D eigenvalue weighted by molar-refractivity contribution is 6.30. The molecule has 1 rings (SSSR count). The first-order valence-corrected chi connectivity index (χ1v) is 6.39. The van der Waals surface area contributed by atoms with E-state index in [1.807, 2.05) is 13.8 Å². The molecule has 0 aliphatic carbocycles. The highest BCUT2D eigenvalue weighted by atomic mass is 35.5. The van der Waals surface area contributed by atoms with Crippen LogP contribution in [0.1, 0.15) is 32.3 Å². The van der Waals surface area contributed by atoms with Crippen molar-refractivity contribution < 1.29 is 13.9 Å². The minimum atomic E-state index is -0.768. The van der Waals surface area contributed by atoms with E-state index in [0.717, 1.165) is 0 Å². The Kier molecular flexibility index (Phi) is 5.29. The molecule has 0 N–H and O–H groups in total. The van der Waals surface area contributed by atoms with Crippen LogP contribution in [0.4, 0.5) is 4.39 Å². The van der Waals surface area contributed by atoms with Gasteiger partial charge >= 0.3 is 0 Å². The van der Waals surface area contributed by atoms with Gasteiger partial charge in [-0.15, -0.1) is 0 Å². The third-order valence-electron chi connectivity index (χ3n) is 3.39. The van der Waals surface area contributed by atoms with Crippen LogP contribution in [0.5, 0.6) is 0 Å². The fourth-order valence-corrected chi connectivity index (χ4v) is 2.16. The zero-order chi connectivity index (χ0) is 13.8. The van der Waals surface area contributed by atoms with Gasteiger partial charge in [0.05, 0.1) is 5.02 Å². The average molecular weight is 273 g/mol. The first-order chi connectivity index (χ1) is 8.49. The van der Waals surface area contributed by atoms with Gasteiger partial charge in [-0.05, 0) is 30.5 Å². The van der Waals surface area contributed by atoms with Crippen LogP contribution in [0, 0.1) is 5.82 Å². The van der Waals surface area contributed by atoms with Crippen molar-refractivity contribution >= 4 is 17.4 Å². The normalized spacial score (nSPS) is 11.6. The van der Waals surface area contributed by atoms with Gasteiger partial charge in [-0.1, -0.05) is 31.5 Å². The summed E-state index contributed by atoms with van der Waals surface area (Å²) in [4.78, 5) is 12.2. The standard InChI is InChI=1S/C14H18ClFO2/c1-4-14(5-2,18-3)13(17)9-10-6-7-11(15)12(16)8-10/h6-8H,4-5,9H2,1-3H3. The molecule has 0 aromatic heterocycles. The lowest BCUT2D eigenvalue weighted by Crippen LogP contribution is -2.40. The molecule has 1 aromatic carbocycles. The maximum Gasteiger partial charge on any atom is 0.168 e. The number of rotatable bonds is 6.